The van der Waals surface area contributed by atoms with Gasteiger partial charge in [-0.15, -0.1) is 0 Å². The molecule has 0 saturated carbocycles. The monoisotopic (exact) mass is 427 g/mol. The smallest absolute Gasteiger partial charge is 0.325 e. The molecule has 5 rings (SSSR count). The minimum Gasteiger partial charge on any atom is -0.497 e. The van der Waals surface area contributed by atoms with Crippen molar-refractivity contribution in [1.82, 2.24) is 15.2 Å². The first kappa shape index (κ1) is 19.8. The molecule has 1 atom stereocenters. The third kappa shape index (κ3) is 3.19. The first-order valence-electron chi connectivity index (χ1n) is 10.2. The highest BCUT2D eigenvalue weighted by atomic mass is 16.5. The summed E-state index contributed by atoms with van der Waals surface area (Å²) in [6.07, 6.45) is 1.47. The van der Waals surface area contributed by atoms with Gasteiger partial charge in [-0.2, -0.15) is 0 Å². The second kappa shape index (κ2) is 7.53. The lowest BCUT2D eigenvalue weighted by Gasteiger charge is -2.24. The number of carbonyl (C=O) groups is 2. The fourth-order valence-corrected chi connectivity index (χ4v) is 4.09. The molecule has 160 valence electrons. The first-order chi connectivity index (χ1) is 15.5. The number of benzene rings is 3. The standard InChI is InChI=1S/C25H21N3O4/c1-25(21-9-5-7-16-6-3-4-8-20(16)21)23(29)28(24(30)27-25)14-18-15-32-22(26-18)17-10-12-19(31-2)13-11-17/h3-13,15H,14H2,1-2H3,(H,27,30). The van der Waals surface area contributed by atoms with Crippen molar-refractivity contribution in [1.29, 1.82) is 0 Å². The predicted molar refractivity (Wildman–Crippen MR) is 119 cm³/mol. The number of hydrogen-bond donors (Lipinski definition) is 1. The van der Waals surface area contributed by atoms with Crippen molar-refractivity contribution < 1.29 is 18.7 Å². The molecule has 0 aliphatic carbocycles. The number of ether oxygens (including phenoxy) is 1. The van der Waals surface area contributed by atoms with Gasteiger partial charge in [-0.25, -0.2) is 9.78 Å². The van der Waals surface area contributed by atoms with Crippen LogP contribution in [0.25, 0.3) is 22.2 Å². The number of rotatable bonds is 5. The molecule has 1 saturated heterocycles. The molecule has 1 fully saturated rings. The van der Waals surface area contributed by atoms with Crippen molar-refractivity contribution in [2.75, 3.05) is 7.11 Å². The molecule has 0 bridgehead atoms. The summed E-state index contributed by atoms with van der Waals surface area (Å²) in [5.41, 5.74) is 0.854. The van der Waals surface area contributed by atoms with Gasteiger partial charge in [0.25, 0.3) is 5.91 Å². The third-order valence-electron chi connectivity index (χ3n) is 5.81. The van der Waals surface area contributed by atoms with Crippen LogP contribution >= 0.6 is 0 Å². The Balaban J connectivity index is 1.42. The molecule has 7 nitrogen and oxygen atoms in total. The van der Waals surface area contributed by atoms with Gasteiger partial charge in [-0.05, 0) is 47.5 Å². The molecule has 1 unspecified atom stereocenters. The lowest BCUT2D eigenvalue weighted by Crippen LogP contribution is -2.41. The van der Waals surface area contributed by atoms with Crippen LogP contribution in [0.4, 0.5) is 4.79 Å². The molecule has 1 N–H and O–H groups in total. The van der Waals surface area contributed by atoms with Crippen LogP contribution in [0.1, 0.15) is 18.2 Å². The Labute approximate surface area is 184 Å². The van der Waals surface area contributed by atoms with E-state index in [2.05, 4.69) is 10.3 Å². The number of imide groups is 1. The molecule has 3 amide bonds. The summed E-state index contributed by atoms with van der Waals surface area (Å²) in [5, 5.41) is 4.81. The summed E-state index contributed by atoms with van der Waals surface area (Å²) in [6, 6.07) is 20.4. The lowest BCUT2D eigenvalue weighted by molar-refractivity contribution is -0.131. The van der Waals surface area contributed by atoms with E-state index in [1.165, 1.54) is 11.2 Å². The van der Waals surface area contributed by atoms with E-state index in [4.69, 9.17) is 9.15 Å². The van der Waals surface area contributed by atoms with Gasteiger partial charge in [0.2, 0.25) is 5.89 Å². The van der Waals surface area contributed by atoms with E-state index in [0.29, 0.717) is 11.6 Å². The number of oxazole rings is 1. The highest BCUT2D eigenvalue weighted by Crippen LogP contribution is 2.34. The van der Waals surface area contributed by atoms with Crippen LogP contribution in [0.15, 0.2) is 77.4 Å². The molecule has 0 spiro atoms. The molecule has 1 aromatic heterocycles. The zero-order valence-corrected chi connectivity index (χ0v) is 17.7. The minimum absolute atomic E-state index is 0.0185. The molecule has 2 heterocycles. The molecule has 4 aromatic rings. The predicted octanol–water partition coefficient (Wildman–Crippen LogP) is 4.47. The van der Waals surface area contributed by atoms with Crippen LogP contribution < -0.4 is 10.1 Å². The van der Waals surface area contributed by atoms with Crippen LogP contribution in [0.2, 0.25) is 0 Å². The van der Waals surface area contributed by atoms with Crippen LogP contribution in [-0.2, 0) is 16.9 Å². The molecular weight excluding hydrogens is 406 g/mol. The van der Waals surface area contributed by atoms with Crippen LogP contribution in [-0.4, -0.2) is 28.9 Å². The number of fused-ring (bicyclic) bond motifs is 1. The largest absolute Gasteiger partial charge is 0.497 e. The summed E-state index contributed by atoms with van der Waals surface area (Å²) >= 11 is 0. The Bertz CT molecular complexity index is 1320. The number of carbonyl (C=O) groups excluding carboxylic acids is 2. The quantitative estimate of drug-likeness (QED) is 0.475. The van der Waals surface area contributed by atoms with Gasteiger partial charge in [0.15, 0.2) is 0 Å². The normalized spacial score (nSPS) is 18.2. The number of nitrogens with one attached hydrogen (secondary N) is 1. The maximum atomic E-state index is 13.4. The van der Waals surface area contributed by atoms with Crippen molar-refractivity contribution in [2.45, 2.75) is 19.0 Å². The number of nitrogens with zero attached hydrogens (tertiary/aromatic N) is 2. The van der Waals surface area contributed by atoms with Crippen LogP contribution in [0.5, 0.6) is 5.75 Å². The molecule has 1 aliphatic heterocycles. The van der Waals surface area contributed by atoms with Gasteiger partial charge in [-0.3, -0.25) is 9.69 Å². The Morgan fingerprint density at radius 3 is 2.56 bits per heavy atom. The molecule has 3 aromatic carbocycles. The summed E-state index contributed by atoms with van der Waals surface area (Å²) in [7, 11) is 1.60. The number of methoxy groups -OCH3 is 1. The van der Waals surface area contributed by atoms with E-state index in [-0.39, 0.29) is 12.5 Å². The second-order valence-electron chi connectivity index (χ2n) is 7.85. The average Bonchev–Trinajstić information content (AvgIpc) is 3.38. The highest BCUT2D eigenvalue weighted by molar-refractivity contribution is 6.09. The van der Waals surface area contributed by atoms with Gasteiger partial charge >= 0.3 is 6.03 Å². The SMILES string of the molecule is COc1ccc(-c2nc(CN3C(=O)NC(C)(c4cccc5ccccc45)C3=O)co2)cc1. The molecular formula is C25H21N3O4. The Morgan fingerprint density at radius 2 is 1.78 bits per heavy atom. The maximum absolute atomic E-state index is 13.4. The van der Waals surface area contributed by atoms with Crippen molar-refractivity contribution >= 4 is 22.7 Å². The summed E-state index contributed by atoms with van der Waals surface area (Å²) < 4.78 is 10.7. The number of aromatic nitrogens is 1. The highest BCUT2D eigenvalue weighted by Gasteiger charge is 2.49. The Kier molecular flexibility index (Phi) is 4.66. The Hall–Kier alpha value is -4.13. The van der Waals surface area contributed by atoms with Crippen LogP contribution in [0, 0.1) is 0 Å². The van der Waals surface area contributed by atoms with Crippen molar-refractivity contribution in [3.8, 4) is 17.2 Å². The third-order valence-corrected chi connectivity index (χ3v) is 5.81. The molecule has 1 aliphatic rings. The maximum Gasteiger partial charge on any atom is 0.325 e. The Morgan fingerprint density at radius 1 is 1.03 bits per heavy atom. The van der Waals surface area contributed by atoms with Gasteiger partial charge in [0.1, 0.15) is 17.6 Å². The lowest BCUT2D eigenvalue weighted by atomic mass is 9.88. The number of amides is 3. The molecule has 0 radical (unpaired) electrons. The molecule has 7 heteroatoms. The van der Waals surface area contributed by atoms with E-state index in [9.17, 15) is 9.59 Å². The minimum atomic E-state index is -1.17. The summed E-state index contributed by atoms with van der Waals surface area (Å²) in [5.74, 6) is 0.812. The number of urea groups is 1. The van der Waals surface area contributed by atoms with Crippen LogP contribution in [0.3, 0.4) is 0 Å². The van der Waals surface area contributed by atoms with E-state index < -0.39 is 11.6 Å². The first-order valence-corrected chi connectivity index (χ1v) is 10.2. The molecule has 32 heavy (non-hydrogen) atoms. The van der Waals surface area contributed by atoms with Gasteiger partial charge < -0.3 is 14.5 Å². The fourth-order valence-electron chi connectivity index (χ4n) is 4.09. The average molecular weight is 427 g/mol. The fraction of sp³-hybridized carbons (Fsp3) is 0.160. The van der Waals surface area contributed by atoms with Gasteiger partial charge in [0, 0.05) is 5.56 Å². The zero-order chi connectivity index (χ0) is 22.3. The van der Waals surface area contributed by atoms with Gasteiger partial charge in [-0.1, -0.05) is 42.5 Å². The van der Waals surface area contributed by atoms with E-state index in [0.717, 1.165) is 27.6 Å². The van der Waals surface area contributed by atoms with E-state index >= 15 is 0 Å². The van der Waals surface area contributed by atoms with E-state index in [1.807, 2.05) is 66.7 Å². The van der Waals surface area contributed by atoms with Gasteiger partial charge in [0.05, 0.1) is 19.3 Å². The van der Waals surface area contributed by atoms with Crippen molar-refractivity contribution in [3.05, 3.63) is 84.3 Å². The van der Waals surface area contributed by atoms with Crippen molar-refractivity contribution in [2.24, 2.45) is 0 Å². The second-order valence-corrected chi connectivity index (χ2v) is 7.85. The van der Waals surface area contributed by atoms with Crippen molar-refractivity contribution in [3.63, 3.8) is 0 Å². The zero-order valence-electron chi connectivity index (χ0n) is 17.7. The number of hydrogen-bond acceptors (Lipinski definition) is 5. The topological polar surface area (TPSA) is 84.7 Å². The summed E-state index contributed by atoms with van der Waals surface area (Å²) in [4.78, 5) is 31.8. The van der Waals surface area contributed by atoms with E-state index in [1.54, 1.807) is 14.0 Å². The summed E-state index contributed by atoms with van der Waals surface area (Å²) in [6.45, 7) is 1.76.